The molecule has 0 aromatic rings. The van der Waals surface area contributed by atoms with Crippen LogP contribution in [0.25, 0.3) is 0 Å². The molecule has 0 spiro atoms. The van der Waals surface area contributed by atoms with Crippen molar-refractivity contribution in [2.45, 2.75) is 31.8 Å². The van der Waals surface area contributed by atoms with Gasteiger partial charge in [-0.3, -0.25) is 9.80 Å². The minimum Gasteiger partial charge on any atom is -0.298 e. The van der Waals surface area contributed by atoms with Crippen molar-refractivity contribution in [2.24, 2.45) is 0 Å². The summed E-state index contributed by atoms with van der Waals surface area (Å²) < 4.78 is 0. The van der Waals surface area contributed by atoms with E-state index < -0.39 is 0 Å². The van der Waals surface area contributed by atoms with E-state index in [1.54, 1.807) is 0 Å². The van der Waals surface area contributed by atoms with E-state index >= 15 is 0 Å². The van der Waals surface area contributed by atoms with Crippen molar-refractivity contribution < 1.29 is 0 Å². The molecule has 76 valence electrons. The molecule has 2 unspecified atom stereocenters. The van der Waals surface area contributed by atoms with Crippen LogP contribution >= 0.6 is 11.6 Å². The molecule has 0 saturated carbocycles. The van der Waals surface area contributed by atoms with Gasteiger partial charge >= 0.3 is 0 Å². The number of likely N-dealkylation sites (N-methyl/N-ethyl adjacent to an activating group) is 1. The zero-order valence-electron chi connectivity index (χ0n) is 8.38. The highest BCUT2D eigenvalue weighted by molar-refractivity contribution is 6.18. The van der Waals surface area contributed by atoms with Gasteiger partial charge in [-0.2, -0.15) is 0 Å². The van der Waals surface area contributed by atoms with Crippen molar-refractivity contribution >= 4 is 11.6 Å². The third kappa shape index (κ3) is 1.85. The van der Waals surface area contributed by atoms with Crippen LogP contribution in [0.4, 0.5) is 0 Å². The fourth-order valence-electron chi connectivity index (χ4n) is 2.68. The molecule has 2 nitrogen and oxygen atoms in total. The van der Waals surface area contributed by atoms with Gasteiger partial charge in [0, 0.05) is 31.1 Å². The van der Waals surface area contributed by atoms with Gasteiger partial charge in [0.2, 0.25) is 0 Å². The molecule has 0 aromatic heterocycles. The molecule has 2 fully saturated rings. The topological polar surface area (TPSA) is 6.48 Å². The van der Waals surface area contributed by atoms with Gasteiger partial charge in [0.1, 0.15) is 0 Å². The molecule has 0 N–H and O–H groups in total. The van der Waals surface area contributed by atoms with Crippen LogP contribution in [0.3, 0.4) is 0 Å². The third-order valence-electron chi connectivity index (χ3n) is 3.49. The number of hydrogen-bond acceptors (Lipinski definition) is 2. The van der Waals surface area contributed by atoms with E-state index in [0.29, 0.717) is 6.04 Å². The average Bonchev–Trinajstić information content (AvgIpc) is 2.62. The fraction of sp³-hybridized carbons (Fsp3) is 1.00. The lowest BCUT2D eigenvalue weighted by Crippen LogP contribution is -2.56. The maximum atomic E-state index is 5.98. The zero-order chi connectivity index (χ0) is 9.26. The molecule has 2 aliphatic heterocycles. The molecule has 2 aliphatic rings. The van der Waals surface area contributed by atoms with Crippen LogP contribution in [0.5, 0.6) is 0 Å². The molecule has 0 radical (unpaired) electrons. The van der Waals surface area contributed by atoms with E-state index in [0.717, 1.165) is 18.5 Å². The van der Waals surface area contributed by atoms with E-state index in [9.17, 15) is 0 Å². The Morgan fingerprint density at radius 1 is 1.38 bits per heavy atom. The minimum absolute atomic E-state index is 0.598. The summed E-state index contributed by atoms with van der Waals surface area (Å²) in [5.74, 6) is 0.789. The molecule has 0 aromatic carbocycles. The molecule has 2 heterocycles. The summed E-state index contributed by atoms with van der Waals surface area (Å²) in [4.78, 5) is 5.17. The second kappa shape index (κ2) is 4.16. The Bertz CT molecular complexity index is 156. The molecule has 0 aliphatic carbocycles. The molecular formula is C10H19ClN2. The van der Waals surface area contributed by atoms with Crippen molar-refractivity contribution in [3.63, 3.8) is 0 Å². The maximum Gasteiger partial charge on any atom is 0.0392 e. The lowest BCUT2D eigenvalue weighted by molar-refractivity contribution is 0.0653. The van der Waals surface area contributed by atoms with Crippen LogP contribution < -0.4 is 0 Å². The Labute approximate surface area is 85.8 Å². The third-order valence-corrected chi connectivity index (χ3v) is 3.85. The smallest absolute Gasteiger partial charge is 0.0392 e. The fourth-order valence-corrected chi connectivity index (χ4v) is 2.97. The van der Waals surface area contributed by atoms with Gasteiger partial charge in [-0.05, 0) is 25.9 Å². The van der Waals surface area contributed by atoms with Crippen LogP contribution in [0.1, 0.15) is 19.8 Å². The second-order valence-corrected chi connectivity index (χ2v) is 4.50. The Morgan fingerprint density at radius 3 is 2.92 bits per heavy atom. The molecule has 13 heavy (non-hydrogen) atoms. The van der Waals surface area contributed by atoms with Crippen LogP contribution in [-0.2, 0) is 0 Å². The van der Waals surface area contributed by atoms with Crippen LogP contribution in [0, 0.1) is 0 Å². The molecule has 2 saturated heterocycles. The van der Waals surface area contributed by atoms with Crippen molar-refractivity contribution in [3.8, 4) is 0 Å². The Kier molecular flexibility index (Phi) is 3.12. The summed E-state index contributed by atoms with van der Waals surface area (Å²) in [7, 11) is 0. The number of piperazine rings is 1. The highest BCUT2D eigenvalue weighted by atomic mass is 35.5. The first-order chi connectivity index (χ1) is 6.35. The predicted molar refractivity (Wildman–Crippen MR) is 56.4 cm³/mol. The molecule has 0 amide bonds. The Balaban J connectivity index is 1.99. The van der Waals surface area contributed by atoms with Gasteiger partial charge < -0.3 is 0 Å². The van der Waals surface area contributed by atoms with Gasteiger partial charge in [0.25, 0.3) is 0 Å². The molecular weight excluding hydrogens is 184 g/mol. The van der Waals surface area contributed by atoms with E-state index in [1.807, 2.05) is 0 Å². The molecule has 0 bridgehead atoms. The second-order valence-electron chi connectivity index (χ2n) is 4.19. The predicted octanol–water partition coefficient (Wildman–Crippen LogP) is 1.39. The molecule has 3 heteroatoms. The summed E-state index contributed by atoms with van der Waals surface area (Å²) in [5.41, 5.74) is 0. The number of nitrogens with zero attached hydrogens (tertiary/aromatic N) is 2. The quantitative estimate of drug-likeness (QED) is 0.625. The number of alkyl halides is 1. The highest BCUT2D eigenvalue weighted by Crippen LogP contribution is 2.24. The van der Waals surface area contributed by atoms with Gasteiger partial charge in [0.05, 0.1) is 0 Å². The lowest BCUT2D eigenvalue weighted by atomic mass is 10.1. The minimum atomic E-state index is 0.598. The van der Waals surface area contributed by atoms with E-state index in [1.165, 1.54) is 32.5 Å². The summed E-state index contributed by atoms with van der Waals surface area (Å²) in [6, 6.07) is 1.43. The van der Waals surface area contributed by atoms with Crippen molar-refractivity contribution in [1.29, 1.82) is 0 Å². The van der Waals surface area contributed by atoms with Crippen molar-refractivity contribution in [1.82, 2.24) is 9.80 Å². The Hall–Kier alpha value is 0.210. The standard InChI is InChI=1S/C10H19ClN2/c1-2-12-7-9-4-3-5-13(9)8-10(12)6-11/h9-10H,2-8H2,1H3. The van der Waals surface area contributed by atoms with Gasteiger partial charge in [-0.25, -0.2) is 0 Å². The van der Waals surface area contributed by atoms with Crippen molar-refractivity contribution in [2.75, 3.05) is 32.1 Å². The van der Waals surface area contributed by atoms with Crippen LogP contribution in [-0.4, -0.2) is 53.9 Å². The largest absolute Gasteiger partial charge is 0.298 e. The lowest BCUT2D eigenvalue weighted by Gasteiger charge is -2.42. The molecule has 2 atom stereocenters. The first kappa shape index (κ1) is 9.75. The van der Waals surface area contributed by atoms with Crippen LogP contribution in [0.2, 0.25) is 0 Å². The van der Waals surface area contributed by atoms with Crippen molar-refractivity contribution in [3.05, 3.63) is 0 Å². The summed E-state index contributed by atoms with van der Waals surface area (Å²) in [6.07, 6.45) is 2.78. The number of fused-ring (bicyclic) bond motifs is 1. The number of rotatable bonds is 2. The number of halogens is 1. The van der Waals surface area contributed by atoms with Gasteiger partial charge in [0.15, 0.2) is 0 Å². The first-order valence-corrected chi connectivity index (χ1v) is 5.92. The highest BCUT2D eigenvalue weighted by Gasteiger charge is 2.34. The Morgan fingerprint density at radius 2 is 2.23 bits per heavy atom. The first-order valence-electron chi connectivity index (χ1n) is 5.39. The van der Waals surface area contributed by atoms with E-state index in [2.05, 4.69) is 16.7 Å². The summed E-state index contributed by atoms with van der Waals surface area (Å²) >= 11 is 5.98. The maximum absolute atomic E-state index is 5.98. The van der Waals surface area contributed by atoms with Crippen LogP contribution in [0.15, 0.2) is 0 Å². The van der Waals surface area contributed by atoms with E-state index in [-0.39, 0.29) is 0 Å². The van der Waals surface area contributed by atoms with E-state index in [4.69, 9.17) is 11.6 Å². The number of hydrogen-bond donors (Lipinski definition) is 0. The normalized spacial score (nSPS) is 36.5. The summed E-state index contributed by atoms with van der Waals surface area (Å²) in [5, 5.41) is 0. The van der Waals surface area contributed by atoms with Gasteiger partial charge in [-0.1, -0.05) is 6.92 Å². The monoisotopic (exact) mass is 202 g/mol. The van der Waals surface area contributed by atoms with Gasteiger partial charge in [-0.15, -0.1) is 11.6 Å². The SMILES string of the molecule is CCN1CC2CCCN2CC1CCl. The molecule has 2 rings (SSSR count). The average molecular weight is 203 g/mol. The summed E-state index contributed by atoms with van der Waals surface area (Å²) in [6.45, 7) is 7.14. The zero-order valence-corrected chi connectivity index (χ0v) is 9.13.